The summed E-state index contributed by atoms with van der Waals surface area (Å²) in [7, 11) is 1.65. The predicted octanol–water partition coefficient (Wildman–Crippen LogP) is 0.152. The van der Waals surface area contributed by atoms with Crippen LogP contribution in [-0.4, -0.2) is 52.9 Å². The van der Waals surface area contributed by atoms with E-state index in [0.717, 1.165) is 49.8 Å². The fourth-order valence-electron chi connectivity index (χ4n) is 2.33. The molecule has 3 heterocycles. The number of fused-ring (bicyclic) bond motifs is 1. The van der Waals surface area contributed by atoms with Crippen molar-refractivity contribution in [2.75, 3.05) is 39.1 Å². The molecule has 19 heavy (non-hydrogen) atoms. The molecule has 0 amide bonds. The smallest absolute Gasteiger partial charge is 0.151 e. The van der Waals surface area contributed by atoms with Crippen molar-refractivity contribution in [3.05, 3.63) is 18.1 Å². The zero-order chi connectivity index (χ0) is 13.2. The number of nitrogens with zero attached hydrogens (tertiary/aromatic N) is 4. The molecular weight excluding hydrogens is 246 g/mol. The van der Waals surface area contributed by atoms with Gasteiger partial charge in [0.2, 0.25) is 0 Å². The van der Waals surface area contributed by atoms with Gasteiger partial charge >= 0.3 is 0 Å². The van der Waals surface area contributed by atoms with Gasteiger partial charge in [-0.05, 0) is 0 Å². The summed E-state index contributed by atoms with van der Waals surface area (Å²) < 4.78 is 12.6. The minimum absolute atomic E-state index is 0.460. The van der Waals surface area contributed by atoms with Gasteiger partial charge in [-0.2, -0.15) is 5.10 Å². The first-order valence-corrected chi connectivity index (χ1v) is 6.25. The molecule has 7 nitrogen and oxygen atoms in total. The van der Waals surface area contributed by atoms with Gasteiger partial charge in [0.1, 0.15) is 17.6 Å². The summed E-state index contributed by atoms with van der Waals surface area (Å²) in [4.78, 5) is 6.31. The quantitative estimate of drug-likeness (QED) is 0.849. The number of methoxy groups -OCH3 is 1. The third-order valence-electron chi connectivity index (χ3n) is 3.36. The van der Waals surface area contributed by atoms with E-state index in [1.165, 1.54) is 6.33 Å². The lowest BCUT2D eigenvalue weighted by Crippen LogP contribution is -2.36. The molecule has 2 aromatic heterocycles. The van der Waals surface area contributed by atoms with Crippen molar-refractivity contribution in [3.8, 4) is 5.75 Å². The summed E-state index contributed by atoms with van der Waals surface area (Å²) in [6.07, 6.45) is 1.46. The van der Waals surface area contributed by atoms with Crippen molar-refractivity contribution in [2.24, 2.45) is 0 Å². The highest BCUT2D eigenvalue weighted by Crippen LogP contribution is 2.26. The van der Waals surface area contributed by atoms with Gasteiger partial charge in [-0.3, -0.25) is 4.90 Å². The maximum absolute atomic E-state index is 5.87. The topological polar surface area (TPSA) is 77.9 Å². The van der Waals surface area contributed by atoms with Crippen LogP contribution in [0.3, 0.4) is 0 Å². The first kappa shape index (κ1) is 12.2. The average molecular weight is 263 g/mol. The molecule has 1 aliphatic heterocycles. The van der Waals surface area contributed by atoms with Crippen LogP contribution in [0.25, 0.3) is 5.52 Å². The first-order chi connectivity index (χ1) is 9.29. The summed E-state index contributed by atoms with van der Waals surface area (Å²) in [6, 6.07) is 1.88. The van der Waals surface area contributed by atoms with E-state index in [1.807, 2.05) is 6.07 Å². The van der Waals surface area contributed by atoms with Crippen LogP contribution >= 0.6 is 0 Å². The van der Waals surface area contributed by atoms with Crippen LogP contribution in [-0.2, 0) is 11.3 Å². The van der Waals surface area contributed by atoms with E-state index < -0.39 is 0 Å². The minimum atomic E-state index is 0.460. The molecule has 0 atom stereocenters. The van der Waals surface area contributed by atoms with Gasteiger partial charge in [0.25, 0.3) is 0 Å². The van der Waals surface area contributed by atoms with Gasteiger partial charge in [-0.1, -0.05) is 0 Å². The summed E-state index contributed by atoms with van der Waals surface area (Å²) >= 11 is 0. The largest absolute Gasteiger partial charge is 0.495 e. The number of ether oxygens (including phenoxy) is 2. The van der Waals surface area contributed by atoms with Crippen molar-refractivity contribution in [2.45, 2.75) is 6.54 Å². The van der Waals surface area contributed by atoms with Crippen LogP contribution in [0, 0.1) is 0 Å². The van der Waals surface area contributed by atoms with E-state index in [-0.39, 0.29) is 0 Å². The Balaban J connectivity index is 1.98. The Bertz CT molecular complexity index is 577. The Morgan fingerprint density at radius 2 is 2.21 bits per heavy atom. The number of rotatable bonds is 3. The molecule has 2 aromatic rings. The van der Waals surface area contributed by atoms with E-state index >= 15 is 0 Å². The summed E-state index contributed by atoms with van der Waals surface area (Å²) in [5.41, 5.74) is 7.64. The lowest BCUT2D eigenvalue weighted by Gasteiger charge is -2.26. The molecule has 3 rings (SSSR count). The van der Waals surface area contributed by atoms with Gasteiger partial charge in [0.15, 0.2) is 5.82 Å². The average Bonchev–Trinajstić information content (AvgIpc) is 2.80. The minimum Gasteiger partial charge on any atom is -0.495 e. The molecule has 1 aliphatic rings. The molecular formula is C12H17N5O2. The Kier molecular flexibility index (Phi) is 3.22. The second kappa shape index (κ2) is 5.02. The molecule has 0 aromatic carbocycles. The van der Waals surface area contributed by atoms with Crippen LogP contribution in [0.1, 0.15) is 5.69 Å². The highest BCUT2D eigenvalue weighted by molar-refractivity contribution is 5.68. The van der Waals surface area contributed by atoms with E-state index in [4.69, 9.17) is 15.2 Å². The number of morpholine rings is 1. The molecule has 0 bridgehead atoms. The number of nitrogen functional groups attached to an aromatic ring is 1. The molecule has 102 valence electrons. The third kappa shape index (κ3) is 2.22. The van der Waals surface area contributed by atoms with E-state index in [1.54, 1.807) is 11.6 Å². The highest BCUT2D eigenvalue weighted by Gasteiger charge is 2.18. The maximum Gasteiger partial charge on any atom is 0.151 e. The van der Waals surface area contributed by atoms with Crippen molar-refractivity contribution >= 4 is 11.3 Å². The molecule has 0 saturated carbocycles. The normalized spacial score (nSPS) is 16.9. The van der Waals surface area contributed by atoms with Crippen molar-refractivity contribution in [1.82, 2.24) is 19.5 Å². The monoisotopic (exact) mass is 263 g/mol. The predicted molar refractivity (Wildman–Crippen MR) is 70.0 cm³/mol. The SMILES string of the molecule is COc1cc2c(N)ncnn2c1CN1CCOCC1. The number of anilines is 1. The molecule has 2 N–H and O–H groups in total. The second-order valence-electron chi connectivity index (χ2n) is 4.49. The number of hydrogen-bond acceptors (Lipinski definition) is 6. The Labute approximate surface area is 110 Å². The third-order valence-corrected chi connectivity index (χ3v) is 3.36. The van der Waals surface area contributed by atoms with Gasteiger partial charge < -0.3 is 15.2 Å². The standard InChI is InChI=1S/C12H17N5O2/c1-18-11-6-9-12(13)14-8-15-17(9)10(11)7-16-2-4-19-5-3-16/h6,8H,2-5,7H2,1H3,(H2,13,14,15). The number of hydrogen-bond donors (Lipinski definition) is 1. The Hall–Kier alpha value is -1.86. The maximum atomic E-state index is 5.87. The van der Waals surface area contributed by atoms with Crippen molar-refractivity contribution < 1.29 is 9.47 Å². The lowest BCUT2D eigenvalue weighted by molar-refractivity contribution is 0.0331. The van der Waals surface area contributed by atoms with E-state index in [2.05, 4.69) is 15.0 Å². The molecule has 0 aliphatic carbocycles. The summed E-state index contributed by atoms with van der Waals surface area (Å²) in [6.45, 7) is 4.12. The molecule has 0 spiro atoms. The Morgan fingerprint density at radius 3 is 2.95 bits per heavy atom. The molecule has 0 unspecified atom stereocenters. The zero-order valence-corrected chi connectivity index (χ0v) is 10.9. The number of aromatic nitrogens is 3. The van der Waals surface area contributed by atoms with Crippen LogP contribution in [0.15, 0.2) is 12.4 Å². The molecule has 7 heteroatoms. The molecule has 0 radical (unpaired) electrons. The van der Waals surface area contributed by atoms with Gasteiger partial charge in [-0.15, -0.1) is 0 Å². The summed E-state index contributed by atoms with van der Waals surface area (Å²) in [5.74, 6) is 1.25. The van der Waals surface area contributed by atoms with Crippen LogP contribution in [0.5, 0.6) is 5.75 Å². The first-order valence-electron chi connectivity index (χ1n) is 6.25. The lowest BCUT2D eigenvalue weighted by atomic mass is 10.3. The number of nitrogens with two attached hydrogens (primary N) is 1. The van der Waals surface area contributed by atoms with Gasteiger partial charge in [0, 0.05) is 25.7 Å². The molecule has 1 fully saturated rings. The highest BCUT2D eigenvalue weighted by atomic mass is 16.5. The fourth-order valence-corrected chi connectivity index (χ4v) is 2.33. The van der Waals surface area contributed by atoms with E-state index in [9.17, 15) is 0 Å². The van der Waals surface area contributed by atoms with Crippen molar-refractivity contribution in [3.63, 3.8) is 0 Å². The zero-order valence-electron chi connectivity index (χ0n) is 10.9. The van der Waals surface area contributed by atoms with Gasteiger partial charge in [-0.25, -0.2) is 9.50 Å². The Morgan fingerprint density at radius 1 is 1.42 bits per heavy atom. The van der Waals surface area contributed by atoms with Crippen LogP contribution in [0.2, 0.25) is 0 Å². The fraction of sp³-hybridized carbons (Fsp3) is 0.500. The second-order valence-corrected chi connectivity index (χ2v) is 4.49. The van der Waals surface area contributed by atoms with Crippen LogP contribution in [0.4, 0.5) is 5.82 Å². The summed E-state index contributed by atoms with van der Waals surface area (Å²) in [5, 5.41) is 4.26. The van der Waals surface area contributed by atoms with Gasteiger partial charge in [0.05, 0.1) is 26.0 Å². The van der Waals surface area contributed by atoms with Crippen LogP contribution < -0.4 is 10.5 Å². The van der Waals surface area contributed by atoms with E-state index in [0.29, 0.717) is 5.82 Å². The van der Waals surface area contributed by atoms with Crippen molar-refractivity contribution in [1.29, 1.82) is 0 Å². The molecule has 1 saturated heterocycles.